The number of halogens is 2. The third-order valence-corrected chi connectivity index (χ3v) is 2.97. The maximum Gasteiger partial charge on any atom is 0.164 e. The molecule has 0 spiro atoms. The quantitative estimate of drug-likeness (QED) is 0.882. The van der Waals surface area contributed by atoms with Gasteiger partial charge in [0.15, 0.2) is 11.6 Å². The van der Waals surface area contributed by atoms with Crippen LogP contribution in [0.3, 0.4) is 0 Å². The van der Waals surface area contributed by atoms with E-state index in [4.69, 9.17) is 5.11 Å². The number of hydrogen-bond donors (Lipinski definition) is 2. The third-order valence-electron chi connectivity index (χ3n) is 2.97. The minimum Gasteiger partial charge on any atom is -0.392 e. The van der Waals surface area contributed by atoms with Gasteiger partial charge in [-0.2, -0.15) is 0 Å². The Morgan fingerprint density at radius 1 is 1.11 bits per heavy atom. The Kier molecular flexibility index (Phi) is 4.12. The highest BCUT2D eigenvalue weighted by Crippen LogP contribution is 2.23. The molecular weight excluding hydrogens is 248 g/mol. The molecule has 0 aromatic heterocycles. The number of aliphatic hydroxyl groups is 1. The fraction of sp³-hybridized carbons (Fsp3) is 0.200. The molecule has 0 aliphatic carbocycles. The lowest BCUT2D eigenvalue weighted by Gasteiger charge is -2.16. The summed E-state index contributed by atoms with van der Waals surface area (Å²) in [6.07, 6.45) is 0. The lowest BCUT2D eigenvalue weighted by Crippen LogP contribution is -2.09. The highest BCUT2D eigenvalue weighted by molar-refractivity contribution is 5.46. The zero-order chi connectivity index (χ0) is 13.8. The molecule has 2 aromatic carbocycles. The van der Waals surface area contributed by atoms with Crippen LogP contribution in [0.25, 0.3) is 0 Å². The van der Waals surface area contributed by atoms with Gasteiger partial charge in [0.05, 0.1) is 12.6 Å². The lowest BCUT2D eigenvalue weighted by molar-refractivity contribution is 0.282. The van der Waals surface area contributed by atoms with Gasteiger partial charge in [0, 0.05) is 11.3 Å². The van der Waals surface area contributed by atoms with Gasteiger partial charge in [-0.25, -0.2) is 8.78 Å². The van der Waals surface area contributed by atoms with E-state index in [2.05, 4.69) is 5.32 Å². The van der Waals surface area contributed by atoms with Crippen LogP contribution in [0.1, 0.15) is 24.1 Å². The van der Waals surface area contributed by atoms with Gasteiger partial charge >= 0.3 is 0 Å². The first-order chi connectivity index (χ1) is 9.11. The van der Waals surface area contributed by atoms with E-state index in [1.54, 1.807) is 37.3 Å². The van der Waals surface area contributed by atoms with Crippen LogP contribution in [0.5, 0.6) is 0 Å². The number of rotatable bonds is 4. The molecule has 0 saturated heterocycles. The van der Waals surface area contributed by atoms with E-state index in [0.717, 1.165) is 17.3 Å². The summed E-state index contributed by atoms with van der Waals surface area (Å²) < 4.78 is 26.8. The fourth-order valence-corrected chi connectivity index (χ4v) is 1.89. The van der Waals surface area contributed by atoms with E-state index in [0.29, 0.717) is 0 Å². The first kappa shape index (κ1) is 13.5. The molecule has 2 nitrogen and oxygen atoms in total. The largest absolute Gasteiger partial charge is 0.392 e. The normalized spacial score (nSPS) is 12.2. The van der Waals surface area contributed by atoms with Gasteiger partial charge in [-0.05, 0) is 30.7 Å². The molecule has 2 rings (SSSR count). The van der Waals surface area contributed by atoms with Gasteiger partial charge in [0.25, 0.3) is 0 Å². The molecular formula is C15H15F2NO. The van der Waals surface area contributed by atoms with Crippen molar-refractivity contribution < 1.29 is 13.9 Å². The number of aliphatic hydroxyl groups excluding tert-OH is 1. The standard InChI is InChI=1S/C15H15F2NO/c1-10(13-3-2-4-14(16)15(13)17)18-12-7-5-11(9-19)6-8-12/h2-8,10,18-19H,9H2,1H3. The Bertz CT molecular complexity index is 555. The van der Waals surface area contributed by atoms with Crippen molar-refractivity contribution >= 4 is 5.69 Å². The van der Waals surface area contributed by atoms with Crippen LogP contribution >= 0.6 is 0 Å². The molecule has 0 saturated carbocycles. The summed E-state index contributed by atoms with van der Waals surface area (Å²) in [5.74, 6) is -1.67. The van der Waals surface area contributed by atoms with Crippen molar-refractivity contribution in [2.75, 3.05) is 5.32 Å². The second-order valence-corrected chi connectivity index (χ2v) is 4.36. The Balaban J connectivity index is 2.15. The van der Waals surface area contributed by atoms with E-state index in [1.807, 2.05) is 0 Å². The van der Waals surface area contributed by atoms with Crippen molar-refractivity contribution in [3.63, 3.8) is 0 Å². The van der Waals surface area contributed by atoms with Crippen LogP contribution in [0.4, 0.5) is 14.5 Å². The van der Waals surface area contributed by atoms with Crippen molar-refractivity contribution in [2.24, 2.45) is 0 Å². The SMILES string of the molecule is CC(Nc1ccc(CO)cc1)c1cccc(F)c1F. The van der Waals surface area contributed by atoms with Crippen LogP contribution in [0, 0.1) is 11.6 Å². The van der Waals surface area contributed by atoms with E-state index >= 15 is 0 Å². The monoisotopic (exact) mass is 263 g/mol. The molecule has 2 N–H and O–H groups in total. The molecule has 100 valence electrons. The zero-order valence-electron chi connectivity index (χ0n) is 10.5. The Hall–Kier alpha value is -1.94. The zero-order valence-corrected chi connectivity index (χ0v) is 10.5. The molecule has 19 heavy (non-hydrogen) atoms. The van der Waals surface area contributed by atoms with Gasteiger partial charge < -0.3 is 10.4 Å². The maximum atomic E-state index is 13.6. The van der Waals surface area contributed by atoms with Crippen LogP contribution in [-0.4, -0.2) is 5.11 Å². The minimum absolute atomic E-state index is 0.0195. The molecule has 0 radical (unpaired) electrons. The first-order valence-electron chi connectivity index (χ1n) is 6.02. The molecule has 0 fully saturated rings. The molecule has 0 aliphatic heterocycles. The lowest BCUT2D eigenvalue weighted by atomic mass is 10.1. The number of nitrogens with one attached hydrogen (secondary N) is 1. The smallest absolute Gasteiger partial charge is 0.164 e. The second-order valence-electron chi connectivity index (χ2n) is 4.36. The van der Waals surface area contributed by atoms with Crippen LogP contribution < -0.4 is 5.32 Å². The average Bonchev–Trinajstić information content (AvgIpc) is 2.42. The summed E-state index contributed by atoms with van der Waals surface area (Å²) in [6.45, 7) is 1.74. The summed E-state index contributed by atoms with van der Waals surface area (Å²) in [5, 5.41) is 12.0. The molecule has 0 heterocycles. The summed E-state index contributed by atoms with van der Waals surface area (Å²) >= 11 is 0. The predicted octanol–water partition coefficient (Wildman–Crippen LogP) is 3.63. The van der Waals surface area contributed by atoms with Crippen molar-refractivity contribution in [3.8, 4) is 0 Å². The van der Waals surface area contributed by atoms with Crippen LogP contribution in [0.2, 0.25) is 0 Å². The Morgan fingerprint density at radius 2 is 1.79 bits per heavy atom. The van der Waals surface area contributed by atoms with Gasteiger partial charge in [-0.3, -0.25) is 0 Å². The maximum absolute atomic E-state index is 13.6. The van der Waals surface area contributed by atoms with Crippen molar-refractivity contribution in [1.82, 2.24) is 0 Å². The highest BCUT2D eigenvalue weighted by Gasteiger charge is 2.13. The van der Waals surface area contributed by atoms with E-state index in [1.165, 1.54) is 6.07 Å². The van der Waals surface area contributed by atoms with Crippen molar-refractivity contribution in [1.29, 1.82) is 0 Å². The summed E-state index contributed by atoms with van der Waals surface area (Å²) in [4.78, 5) is 0. The third kappa shape index (κ3) is 3.09. The van der Waals surface area contributed by atoms with Gasteiger partial charge in [-0.15, -0.1) is 0 Å². The Morgan fingerprint density at radius 3 is 2.42 bits per heavy atom. The summed E-state index contributed by atoms with van der Waals surface area (Å²) in [6, 6.07) is 10.9. The van der Waals surface area contributed by atoms with Gasteiger partial charge in [0.2, 0.25) is 0 Å². The first-order valence-corrected chi connectivity index (χ1v) is 6.02. The average molecular weight is 263 g/mol. The fourth-order valence-electron chi connectivity index (χ4n) is 1.89. The van der Waals surface area contributed by atoms with E-state index < -0.39 is 11.6 Å². The van der Waals surface area contributed by atoms with E-state index in [-0.39, 0.29) is 18.2 Å². The summed E-state index contributed by atoms with van der Waals surface area (Å²) in [7, 11) is 0. The van der Waals surface area contributed by atoms with Crippen LogP contribution in [-0.2, 0) is 6.61 Å². The number of anilines is 1. The highest BCUT2D eigenvalue weighted by atomic mass is 19.2. The molecule has 1 unspecified atom stereocenters. The van der Waals surface area contributed by atoms with E-state index in [9.17, 15) is 8.78 Å². The number of hydrogen-bond acceptors (Lipinski definition) is 2. The van der Waals surface area contributed by atoms with Crippen molar-refractivity contribution in [3.05, 3.63) is 65.2 Å². The van der Waals surface area contributed by atoms with Crippen molar-refractivity contribution in [2.45, 2.75) is 19.6 Å². The number of benzene rings is 2. The molecule has 2 aromatic rings. The molecule has 0 amide bonds. The summed E-state index contributed by atoms with van der Waals surface area (Å²) in [5.41, 5.74) is 1.87. The second kappa shape index (κ2) is 5.80. The molecule has 1 atom stereocenters. The Labute approximate surface area is 110 Å². The molecule has 0 bridgehead atoms. The topological polar surface area (TPSA) is 32.3 Å². The van der Waals surface area contributed by atoms with Crippen LogP contribution in [0.15, 0.2) is 42.5 Å². The molecule has 4 heteroatoms. The minimum atomic E-state index is -0.846. The predicted molar refractivity (Wildman–Crippen MR) is 70.8 cm³/mol. The van der Waals surface area contributed by atoms with Gasteiger partial charge in [0.1, 0.15) is 0 Å². The molecule has 0 aliphatic rings. The van der Waals surface area contributed by atoms with Gasteiger partial charge in [-0.1, -0.05) is 24.3 Å².